The van der Waals surface area contributed by atoms with Gasteiger partial charge in [-0.25, -0.2) is 0 Å². The van der Waals surface area contributed by atoms with Crippen LogP contribution in [0.1, 0.15) is 51.7 Å². The topological polar surface area (TPSA) is 79.0 Å². The molecule has 0 saturated carbocycles. The summed E-state index contributed by atoms with van der Waals surface area (Å²) >= 11 is 0. The van der Waals surface area contributed by atoms with Gasteiger partial charge in [0.15, 0.2) is 0 Å². The van der Waals surface area contributed by atoms with Crippen LogP contribution >= 0.6 is 0 Å². The molecule has 7 nitrogen and oxygen atoms in total. The van der Waals surface area contributed by atoms with Gasteiger partial charge in [0.1, 0.15) is 6.17 Å². The van der Waals surface area contributed by atoms with Gasteiger partial charge in [0.2, 0.25) is 5.91 Å². The lowest BCUT2D eigenvalue weighted by Crippen LogP contribution is -2.48. The minimum Gasteiger partial charge on any atom is -0.385 e. The number of nitrogens with zero attached hydrogens (tertiary/aromatic N) is 2. The summed E-state index contributed by atoms with van der Waals surface area (Å²) in [6.45, 7) is 1.56. The van der Waals surface area contributed by atoms with Crippen molar-refractivity contribution in [3.63, 3.8) is 0 Å². The first-order valence-electron chi connectivity index (χ1n) is 10.2. The Balaban J connectivity index is 1.52. The van der Waals surface area contributed by atoms with Crippen LogP contribution in [0.4, 0.5) is 5.69 Å². The quantitative estimate of drug-likeness (QED) is 0.683. The van der Waals surface area contributed by atoms with E-state index in [1.807, 2.05) is 30.3 Å². The number of fused-ring (bicyclic) bond motifs is 5. The Labute approximate surface area is 175 Å². The van der Waals surface area contributed by atoms with Crippen molar-refractivity contribution in [3.8, 4) is 0 Å². The van der Waals surface area contributed by atoms with E-state index in [-0.39, 0.29) is 17.7 Å². The monoisotopic (exact) mass is 407 g/mol. The summed E-state index contributed by atoms with van der Waals surface area (Å²) in [5, 5.41) is 2.86. The molecule has 2 heterocycles. The van der Waals surface area contributed by atoms with E-state index in [0.29, 0.717) is 49.4 Å². The van der Waals surface area contributed by atoms with Crippen molar-refractivity contribution >= 4 is 23.4 Å². The largest absolute Gasteiger partial charge is 0.385 e. The fourth-order valence-corrected chi connectivity index (χ4v) is 4.14. The Morgan fingerprint density at radius 3 is 2.53 bits per heavy atom. The molecule has 0 aromatic heterocycles. The molecule has 0 radical (unpaired) electrons. The molecule has 1 unspecified atom stereocenters. The molecule has 0 saturated heterocycles. The van der Waals surface area contributed by atoms with Crippen molar-refractivity contribution in [3.05, 3.63) is 65.2 Å². The van der Waals surface area contributed by atoms with Crippen molar-refractivity contribution in [2.45, 2.75) is 25.4 Å². The highest BCUT2D eigenvalue weighted by Crippen LogP contribution is 2.45. The normalized spacial score (nSPS) is 16.9. The third-order valence-electron chi connectivity index (χ3n) is 5.53. The Morgan fingerprint density at radius 2 is 1.73 bits per heavy atom. The van der Waals surface area contributed by atoms with Gasteiger partial charge in [0.05, 0.1) is 11.3 Å². The Morgan fingerprint density at radius 1 is 1.00 bits per heavy atom. The number of hydrogen-bond donors (Lipinski definition) is 1. The number of carbonyl (C=O) groups is 3. The highest BCUT2D eigenvalue weighted by molar-refractivity contribution is 6.16. The molecule has 1 atom stereocenters. The van der Waals surface area contributed by atoms with Crippen LogP contribution < -0.4 is 10.2 Å². The molecule has 0 fully saturated rings. The van der Waals surface area contributed by atoms with E-state index in [4.69, 9.17) is 4.74 Å². The smallest absolute Gasteiger partial charge is 0.260 e. The molecule has 156 valence electrons. The number of amides is 3. The second-order valence-electron chi connectivity index (χ2n) is 7.45. The second kappa shape index (κ2) is 8.67. The van der Waals surface area contributed by atoms with E-state index in [9.17, 15) is 14.4 Å². The minimum atomic E-state index is -0.471. The molecule has 30 heavy (non-hydrogen) atoms. The van der Waals surface area contributed by atoms with Crippen molar-refractivity contribution in [1.29, 1.82) is 0 Å². The molecule has 0 aliphatic carbocycles. The van der Waals surface area contributed by atoms with Gasteiger partial charge in [-0.2, -0.15) is 0 Å². The van der Waals surface area contributed by atoms with Gasteiger partial charge in [-0.1, -0.05) is 30.3 Å². The number of benzene rings is 2. The second-order valence-corrected chi connectivity index (χ2v) is 7.45. The number of ether oxygens (including phenoxy) is 1. The van der Waals surface area contributed by atoms with E-state index in [0.717, 1.165) is 12.0 Å². The Kier molecular flexibility index (Phi) is 5.81. The average Bonchev–Trinajstić information content (AvgIpc) is 3.06. The van der Waals surface area contributed by atoms with Crippen molar-refractivity contribution in [2.24, 2.45) is 0 Å². The number of rotatable bonds is 8. The maximum absolute atomic E-state index is 13.3. The van der Waals surface area contributed by atoms with E-state index < -0.39 is 6.17 Å². The van der Waals surface area contributed by atoms with Crippen LogP contribution in [-0.2, 0) is 9.53 Å². The summed E-state index contributed by atoms with van der Waals surface area (Å²) < 4.78 is 4.97. The summed E-state index contributed by atoms with van der Waals surface area (Å²) in [7, 11) is 1.63. The van der Waals surface area contributed by atoms with Crippen molar-refractivity contribution in [1.82, 2.24) is 10.2 Å². The van der Waals surface area contributed by atoms with Crippen LogP contribution in [0, 0.1) is 0 Å². The number of anilines is 1. The summed E-state index contributed by atoms with van der Waals surface area (Å²) in [6.07, 6.45) is 1.13. The van der Waals surface area contributed by atoms with Gasteiger partial charge in [0.25, 0.3) is 11.8 Å². The molecule has 2 aromatic carbocycles. The van der Waals surface area contributed by atoms with Gasteiger partial charge in [-0.15, -0.1) is 0 Å². The van der Waals surface area contributed by atoms with Crippen LogP contribution in [0.25, 0.3) is 0 Å². The fraction of sp³-hybridized carbons (Fsp3) is 0.348. The van der Waals surface area contributed by atoms with Gasteiger partial charge in [-0.3, -0.25) is 19.3 Å². The molecule has 2 aromatic rings. The number of methoxy groups -OCH3 is 1. The summed E-state index contributed by atoms with van der Waals surface area (Å²) in [4.78, 5) is 41.9. The van der Waals surface area contributed by atoms with Crippen LogP contribution in [0.2, 0.25) is 0 Å². The van der Waals surface area contributed by atoms with Crippen LogP contribution in [-0.4, -0.2) is 49.4 Å². The first kappa shape index (κ1) is 20.1. The molecular formula is C23H25N3O4. The Bertz CT molecular complexity index is 974. The summed E-state index contributed by atoms with van der Waals surface area (Å²) in [5.41, 5.74) is 2.60. The number of para-hydroxylation sites is 1. The third kappa shape index (κ3) is 3.57. The molecule has 0 bridgehead atoms. The van der Waals surface area contributed by atoms with E-state index in [2.05, 4.69) is 5.32 Å². The van der Waals surface area contributed by atoms with Crippen LogP contribution in [0.15, 0.2) is 48.5 Å². The van der Waals surface area contributed by atoms with Crippen molar-refractivity contribution in [2.75, 3.05) is 31.7 Å². The SMILES string of the molecule is COCCCNC(=O)CCCN1C(=O)c2ccccc2N2C(=O)c3ccccc3C12. The molecule has 4 rings (SSSR count). The number of nitrogens with one attached hydrogen (secondary N) is 1. The highest BCUT2D eigenvalue weighted by atomic mass is 16.5. The van der Waals surface area contributed by atoms with Crippen molar-refractivity contribution < 1.29 is 19.1 Å². The van der Waals surface area contributed by atoms with Gasteiger partial charge >= 0.3 is 0 Å². The third-order valence-corrected chi connectivity index (χ3v) is 5.53. The first-order chi connectivity index (χ1) is 14.6. The van der Waals surface area contributed by atoms with Crippen LogP contribution in [0.5, 0.6) is 0 Å². The maximum atomic E-state index is 13.3. The van der Waals surface area contributed by atoms with Crippen LogP contribution in [0.3, 0.4) is 0 Å². The predicted octanol–water partition coefficient (Wildman–Crippen LogP) is 2.73. The zero-order chi connectivity index (χ0) is 21.1. The fourth-order valence-electron chi connectivity index (χ4n) is 4.14. The van der Waals surface area contributed by atoms with Gasteiger partial charge in [-0.05, 0) is 31.0 Å². The molecule has 2 aliphatic rings. The average molecular weight is 407 g/mol. The first-order valence-corrected chi connectivity index (χ1v) is 10.2. The van der Waals surface area contributed by atoms with Gasteiger partial charge < -0.3 is 15.0 Å². The summed E-state index contributed by atoms with van der Waals surface area (Å²) in [5.74, 6) is -0.260. The maximum Gasteiger partial charge on any atom is 0.260 e. The zero-order valence-electron chi connectivity index (χ0n) is 17.0. The lowest BCUT2D eigenvalue weighted by Gasteiger charge is -2.41. The lowest BCUT2D eigenvalue weighted by atomic mass is 10.0. The Hall–Kier alpha value is -3.19. The standard InChI is InChI=1S/C23H25N3O4/c1-30-15-7-13-24-20(27)12-6-14-25-21-16-8-2-3-9-17(16)23(29)26(21)19-11-5-4-10-18(19)22(25)28/h2-5,8-11,21H,6-7,12-15H2,1H3,(H,24,27). The molecule has 0 spiro atoms. The van der Waals surface area contributed by atoms with E-state index >= 15 is 0 Å². The van der Waals surface area contributed by atoms with E-state index in [1.165, 1.54) is 0 Å². The molecular weight excluding hydrogens is 382 g/mol. The number of carbonyl (C=O) groups excluding carboxylic acids is 3. The summed E-state index contributed by atoms with van der Waals surface area (Å²) in [6, 6.07) is 14.6. The molecule has 1 N–H and O–H groups in total. The highest BCUT2D eigenvalue weighted by Gasteiger charge is 2.47. The predicted molar refractivity (Wildman–Crippen MR) is 112 cm³/mol. The van der Waals surface area contributed by atoms with Gasteiger partial charge in [0, 0.05) is 44.4 Å². The molecule has 2 aliphatic heterocycles. The molecule has 7 heteroatoms. The van der Waals surface area contributed by atoms with E-state index in [1.54, 1.807) is 35.1 Å². The molecule has 3 amide bonds. The number of hydrogen-bond acceptors (Lipinski definition) is 4. The minimum absolute atomic E-state index is 0.0456. The lowest BCUT2D eigenvalue weighted by molar-refractivity contribution is -0.121. The zero-order valence-corrected chi connectivity index (χ0v) is 17.0.